The molecule has 4 rings (SSSR count). The minimum atomic E-state index is -3.54. The van der Waals surface area contributed by atoms with Crippen molar-refractivity contribution in [1.82, 2.24) is 14.8 Å². The monoisotopic (exact) mass is 560 g/mol. The van der Waals surface area contributed by atoms with Gasteiger partial charge in [0.05, 0.1) is 18.8 Å². The molecule has 2 aromatic carbocycles. The predicted molar refractivity (Wildman–Crippen MR) is 147 cm³/mol. The number of rotatable bonds is 4. The third kappa shape index (κ3) is 6.22. The number of carbonyl (C=O) groups excluding carboxylic acids is 1. The number of aryl methyl sites for hydroxylation is 1. The molecule has 1 aliphatic heterocycles. The molecule has 0 fully saturated rings. The van der Waals surface area contributed by atoms with Gasteiger partial charge in [0.15, 0.2) is 0 Å². The molecule has 3 aromatic rings. The Hall–Kier alpha value is -3.70. The van der Waals surface area contributed by atoms with Gasteiger partial charge in [-0.2, -0.15) is 0 Å². The minimum Gasteiger partial charge on any atom is -0.491 e. The molecule has 0 bridgehead atoms. The lowest BCUT2D eigenvalue weighted by Crippen LogP contribution is -2.41. The summed E-state index contributed by atoms with van der Waals surface area (Å²) in [6, 6.07) is 11.1. The van der Waals surface area contributed by atoms with Crippen LogP contribution in [0.5, 0.6) is 17.2 Å². The largest absolute Gasteiger partial charge is 0.491 e. The molecule has 0 radical (unpaired) electrons. The maximum Gasteiger partial charge on any atom is 0.317 e. The van der Waals surface area contributed by atoms with Crippen LogP contribution in [-0.2, 0) is 23.6 Å². The second-order valence-corrected chi connectivity index (χ2v) is 11.1. The van der Waals surface area contributed by atoms with E-state index in [-0.39, 0.29) is 42.8 Å². The van der Waals surface area contributed by atoms with Gasteiger partial charge >= 0.3 is 6.03 Å². The zero-order valence-corrected chi connectivity index (χ0v) is 22.9. The summed E-state index contributed by atoms with van der Waals surface area (Å²) >= 11 is 6.29. The summed E-state index contributed by atoms with van der Waals surface area (Å²) in [6.45, 7) is 4.34. The average molecular weight is 561 g/mol. The number of nitrogens with zero attached hydrogens (tertiary/aromatic N) is 2. The first kappa shape index (κ1) is 27.3. The van der Waals surface area contributed by atoms with Crippen molar-refractivity contribution in [3.05, 3.63) is 69.6 Å². The lowest BCUT2D eigenvalue weighted by molar-refractivity contribution is 0.179. The van der Waals surface area contributed by atoms with Gasteiger partial charge in [-0.1, -0.05) is 11.6 Å². The van der Waals surface area contributed by atoms with Crippen LogP contribution >= 0.6 is 11.6 Å². The van der Waals surface area contributed by atoms with Crippen molar-refractivity contribution in [3.8, 4) is 28.4 Å². The Balaban J connectivity index is 1.91. The third-order valence-corrected chi connectivity index (χ3v) is 7.49. The predicted octanol–water partition coefficient (Wildman–Crippen LogP) is 4.18. The van der Waals surface area contributed by atoms with E-state index in [1.807, 2.05) is 6.92 Å². The SMILES string of the molecule is CCNC(=O)N1CCOc2cc(=O)n(C)cc2-c2cc(NS(=O)(=O)CC)ccc2Oc2ccc(Cl)cc2C1. The van der Waals surface area contributed by atoms with Gasteiger partial charge in [-0.3, -0.25) is 9.52 Å². The molecule has 12 heteroatoms. The van der Waals surface area contributed by atoms with Crippen molar-refractivity contribution in [1.29, 1.82) is 0 Å². The lowest BCUT2D eigenvalue weighted by Gasteiger charge is -2.26. The van der Waals surface area contributed by atoms with Crippen LogP contribution in [0.1, 0.15) is 19.4 Å². The normalized spacial score (nSPS) is 13.4. The number of sulfonamides is 1. The number of aromatic nitrogens is 1. The fraction of sp³-hybridized carbons (Fsp3) is 0.308. The summed E-state index contributed by atoms with van der Waals surface area (Å²) in [5.41, 5.74) is 1.74. The van der Waals surface area contributed by atoms with Crippen LogP contribution < -0.4 is 25.1 Å². The summed E-state index contributed by atoms with van der Waals surface area (Å²) in [5.74, 6) is 1.05. The molecule has 2 N–H and O–H groups in total. The van der Waals surface area contributed by atoms with Crippen LogP contribution in [0.25, 0.3) is 11.1 Å². The molecular formula is C26H29ClN4O6S. The first-order chi connectivity index (χ1) is 18.1. The Morgan fingerprint density at radius 3 is 2.55 bits per heavy atom. The highest BCUT2D eigenvalue weighted by atomic mass is 35.5. The number of hydrogen-bond acceptors (Lipinski definition) is 6. The van der Waals surface area contributed by atoms with E-state index >= 15 is 0 Å². The second-order valence-electron chi connectivity index (χ2n) is 8.68. The number of carbonyl (C=O) groups is 1. The van der Waals surface area contributed by atoms with Crippen molar-refractivity contribution in [3.63, 3.8) is 0 Å². The number of amides is 2. The average Bonchev–Trinajstić information content (AvgIpc) is 2.87. The first-order valence-electron chi connectivity index (χ1n) is 12.1. The number of urea groups is 1. The maximum atomic E-state index is 12.8. The van der Waals surface area contributed by atoms with E-state index in [1.165, 1.54) is 10.6 Å². The molecule has 1 aliphatic rings. The van der Waals surface area contributed by atoms with Gasteiger partial charge in [0.25, 0.3) is 5.56 Å². The van der Waals surface area contributed by atoms with Crippen molar-refractivity contribution in [2.75, 3.05) is 30.2 Å². The van der Waals surface area contributed by atoms with Crippen LogP contribution in [0.15, 0.2) is 53.5 Å². The second kappa shape index (κ2) is 11.4. The van der Waals surface area contributed by atoms with Gasteiger partial charge in [-0.15, -0.1) is 0 Å². The van der Waals surface area contributed by atoms with E-state index in [1.54, 1.807) is 61.5 Å². The minimum absolute atomic E-state index is 0.0922. The van der Waals surface area contributed by atoms with Crippen LogP contribution in [0.2, 0.25) is 5.02 Å². The van der Waals surface area contributed by atoms with E-state index in [2.05, 4.69) is 10.0 Å². The fourth-order valence-corrected chi connectivity index (χ4v) is 4.78. The highest BCUT2D eigenvalue weighted by molar-refractivity contribution is 7.92. The molecule has 1 aromatic heterocycles. The van der Waals surface area contributed by atoms with E-state index < -0.39 is 10.0 Å². The highest BCUT2D eigenvalue weighted by Crippen LogP contribution is 2.41. The van der Waals surface area contributed by atoms with Gasteiger partial charge < -0.3 is 24.3 Å². The molecule has 0 spiro atoms. The molecule has 0 aliphatic carbocycles. The van der Waals surface area contributed by atoms with Crippen LogP contribution in [0.4, 0.5) is 10.5 Å². The molecule has 38 heavy (non-hydrogen) atoms. The Labute approximate surface area is 226 Å². The van der Waals surface area contributed by atoms with Gasteiger partial charge in [0.1, 0.15) is 23.9 Å². The molecule has 2 heterocycles. The topological polar surface area (TPSA) is 119 Å². The van der Waals surface area contributed by atoms with E-state index in [0.717, 1.165) is 0 Å². The zero-order valence-electron chi connectivity index (χ0n) is 21.3. The van der Waals surface area contributed by atoms with Crippen molar-refractivity contribution in [2.24, 2.45) is 7.05 Å². The number of halogens is 1. The van der Waals surface area contributed by atoms with Gasteiger partial charge in [-0.25, -0.2) is 13.2 Å². The molecule has 0 atom stereocenters. The van der Waals surface area contributed by atoms with Crippen LogP contribution in [0.3, 0.4) is 0 Å². The molecule has 10 nitrogen and oxygen atoms in total. The zero-order chi connectivity index (χ0) is 27.4. The quantitative estimate of drug-likeness (QED) is 0.494. The smallest absolute Gasteiger partial charge is 0.317 e. The van der Waals surface area contributed by atoms with E-state index in [9.17, 15) is 18.0 Å². The number of nitrogens with one attached hydrogen (secondary N) is 2. The highest BCUT2D eigenvalue weighted by Gasteiger charge is 2.22. The molecular weight excluding hydrogens is 532 g/mol. The van der Waals surface area contributed by atoms with Crippen LogP contribution in [-0.4, -0.2) is 49.4 Å². The van der Waals surface area contributed by atoms with Crippen LogP contribution in [0, 0.1) is 0 Å². The summed E-state index contributed by atoms with van der Waals surface area (Å²) in [5, 5.41) is 3.28. The Morgan fingerprint density at radius 1 is 1.05 bits per heavy atom. The molecule has 202 valence electrons. The van der Waals surface area contributed by atoms with E-state index in [4.69, 9.17) is 21.1 Å². The lowest BCUT2D eigenvalue weighted by atomic mass is 10.0. The number of fused-ring (bicyclic) bond motifs is 4. The van der Waals surface area contributed by atoms with Gasteiger partial charge in [0, 0.05) is 53.3 Å². The summed E-state index contributed by atoms with van der Waals surface area (Å²) in [6.07, 6.45) is 1.61. The Bertz CT molecular complexity index is 1520. The first-order valence-corrected chi connectivity index (χ1v) is 14.1. The number of pyridine rings is 1. The molecule has 0 saturated heterocycles. The third-order valence-electron chi connectivity index (χ3n) is 5.95. The number of anilines is 1. The Morgan fingerprint density at radius 2 is 1.82 bits per heavy atom. The maximum absolute atomic E-state index is 12.8. The van der Waals surface area contributed by atoms with E-state index in [0.29, 0.717) is 45.4 Å². The van der Waals surface area contributed by atoms with Gasteiger partial charge in [-0.05, 0) is 50.2 Å². The Kier molecular flexibility index (Phi) is 8.17. The summed E-state index contributed by atoms with van der Waals surface area (Å²) < 4.78 is 40.9. The summed E-state index contributed by atoms with van der Waals surface area (Å²) in [4.78, 5) is 26.9. The van der Waals surface area contributed by atoms with Crippen molar-refractivity contribution < 1.29 is 22.7 Å². The number of benzene rings is 2. The number of hydrogen-bond donors (Lipinski definition) is 2. The van der Waals surface area contributed by atoms with Gasteiger partial charge in [0.2, 0.25) is 10.0 Å². The molecule has 2 amide bonds. The standard InChI is InChI=1S/C26H29ClN4O6S/c1-4-28-26(33)31-10-11-36-24-14-25(32)30(3)16-21(24)20-13-19(29-38(34,35)5-2)7-9-23(20)37-22-8-6-18(27)12-17(22)15-31/h6-9,12-14,16,29H,4-5,10-11,15H2,1-3H3,(H,28,33). The summed E-state index contributed by atoms with van der Waals surface area (Å²) in [7, 11) is -1.93. The number of ether oxygens (including phenoxy) is 2. The molecule has 0 saturated carbocycles. The molecule has 0 unspecified atom stereocenters. The fourth-order valence-electron chi connectivity index (χ4n) is 3.96. The van der Waals surface area contributed by atoms with Crippen molar-refractivity contribution in [2.45, 2.75) is 20.4 Å². The van der Waals surface area contributed by atoms with Crippen molar-refractivity contribution >= 4 is 33.3 Å².